The van der Waals surface area contributed by atoms with Crippen molar-refractivity contribution in [2.45, 2.75) is 18.8 Å². The van der Waals surface area contributed by atoms with Crippen molar-refractivity contribution in [1.29, 1.82) is 0 Å². The fourth-order valence-electron chi connectivity index (χ4n) is 2.09. The molecule has 0 saturated carbocycles. The highest BCUT2D eigenvalue weighted by atomic mass is 16.4. The molecule has 1 saturated heterocycles. The first kappa shape index (κ1) is 10.2. The summed E-state index contributed by atoms with van der Waals surface area (Å²) in [4.78, 5) is 16.3. The molecule has 0 amide bonds. The number of carboxylic acid groups (broad SMARTS) is 1. The predicted octanol–water partition coefficient (Wildman–Crippen LogP) is 1.28. The van der Waals surface area contributed by atoms with Crippen LogP contribution in [0, 0.1) is 0 Å². The molecule has 1 aliphatic rings. The minimum Gasteiger partial charge on any atom is -0.481 e. The first-order chi connectivity index (χ1) is 7.27. The fourth-order valence-corrected chi connectivity index (χ4v) is 2.09. The van der Waals surface area contributed by atoms with Gasteiger partial charge in [-0.05, 0) is 38.1 Å². The van der Waals surface area contributed by atoms with Crippen molar-refractivity contribution in [3.63, 3.8) is 0 Å². The number of carboxylic acids is 1. The minimum atomic E-state index is -0.746. The quantitative estimate of drug-likeness (QED) is 0.783. The van der Waals surface area contributed by atoms with E-state index >= 15 is 0 Å². The van der Waals surface area contributed by atoms with Crippen molar-refractivity contribution < 1.29 is 9.90 Å². The molecule has 1 aliphatic heterocycles. The van der Waals surface area contributed by atoms with Gasteiger partial charge in [0.15, 0.2) is 0 Å². The summed E-state index contributed by atoms with van der Waals surface area (Å²) in [6.07, 6.45) is 4.16. The smallest absolute Gasteiger partial charge is 0.313 e. The molecule has 1 atom stereocenters. The summed E-state index contributed by atoms with van der Waals surface area (Å²) < 4.78 is 0. The summed E-state index contributed by atoms with van der Waals surface area (Å²) in [5.41, 5.74) is 0.800. The van der Waals surface area contributed by atoms with Gasteiger partial charge in [-0.1, -0.05) is 0 Å². The molecule has 1 unspecified atom stereocenters. The lowest BCUT2D eigenvalue weighted by Crippen LogP contribution is -2.29. The Bertz CT molecular complexity index is 315. The normalized spacial score (nSPS) is 19.2. The zero-order chi connectivity index (χ0) is 10.7. The van der Waals surface area contributed by atoms with Crippen LogP contribution in [0.25, 0.3) is 0 Å². The van der Waals surface area contributed by atoms with Crippen LogP contribution in [-0.2, 0) is 4.79 Å². The van der Waals surface area contributed by atoms with Gasteiger partial charge in [0.05, 0.1) is 0 Å². The number of hydrogen-bond acceptors (Lipinski definition) is 2. The van der Waals surface area contributed by atoms with E-state index in [2.05, 4.69) is 9.88 Å². The first-order valence-corrected chi connectivity index (χ1v) is 5.36. The fraction of sp³-hybridized carbons (Fsp3) is 0.545. The van der Waals surface area contributed by atoms with Gasteiger partial charge in [-0.3, -0.25) is 4.79 Å². The van der Waals surface area contributed by atoms with Crippen LogP contribution in [0.2, 0.25) is 0 Å². The molecule has 0 spiro atoms. The van der Waals surface area contributed by atoms with Crippen molar-refractivity contribution >= 4 is 5.97 Å². The number of aromatic nitrogens is 1. The van der Waals surface area contributed by atoms with Gasteiger partial charge in [0.2, 0.25) is 0 Å². The molecule has 2 heterocycles. The van der Waals surface area contributed by atoms with Gasteiger partial charge in [0.25, 0.3) is 0 Å². The summed E-state index contributed by atoms with van der Waals surface area (Å²) in [5, 5.41) is 9.16. The van der Waals surface area contributed by atoms with E-state index in [1.54, 1.807) is 6.20 Å². The lowest BCUT2D eigenvalue weighted by Gasteiger charge is -2.19. The average Bonchev–Trinajstić information content (AvgIpc) is 2.87. The van der Waals surface area contributed by atoms with E-state index in [0.29, 0.717) is 6.54 Å². The van der Waals surface area contributed by atoms with Crippen molar-refractivity contribution in [3.8, 4) is 0 Å². The molecule has 1 fully saturated rings. The molecule has 2 N–H and O–H groups in total. The highest BCUT2D eigenvalue weighted by Gasteiger charge is 2.25. The highest BCUT2D eigenvalue weighted by Crippen LogP contribution is 2.18. The van der Waals surface area contributed by atoms with Gasteiger partial charge < -0.3 is 15.0 Å². The number of carbonyl (C=O) groups is 1. The van der Waals surface area contributed by atoms with Gasteiger partial charge >= 0.3 is 5.97 Å². The van der Waals surface area contributed by atoms with Crippen LogP contribution < -0.4 is 0 Å². The Morgan fingerprint density at radius 2 is 2.27 bits per heavy atom. The molecule has 1 aromatic rings. The maximum absolute atomic E-state index is 11.1. The van der Waals surface area contributed by atoms with Crippen molar-refractivity contribution in [1.82, 2.24) is 9.88 Å². The Morgan fingerprint density at radius 1 is 1.53 bits per heavy atom. The van der Waals surface area contributed by atoms with Gasteiger partial charge in [-0.15, -0.1) is 0 Å². The molecular formula is C11H16N2O2. The van der Waals surface area contributed by atoms with Crippen molar-refractivity contribution in [2.75, 3.05) is 19.6 Å². The first-order valence-electron chi connectivity index (χ1n) is 5.36. The summed E-state index contributed by atoms with van der Waals surface area (Å²) in [6, 6.07) is 3.68. The van der Waals surface area contributed by atoms with Gasteiger partial charge in [-0.25, -0.2) is 0 Å². The molecule has 1 aromatic heterocycles. The second kappa shape index (κ2) is 4.49. The third-order valence-corrected chi connectivity index (χ3v) is 2.93. The molecule has 4 heteroatoms. The average molecular weight is 208 g/mol. The molecule has 0 aromatic carbocycles. The largest absolute Gasteiger partial charge is 0.481 e. The highest BCUT2D eigenvalue weighted by molar-refractivity contribution is 5.75. The van der Waals surface area contributed by atoms with Crippen LogP contribution in [0.3, 0.4) is 0 Å². The lowest BCUT2D eigenvalue weighted by atomic mass is 10.1. The number of nitrogens with zero attached hydrogens (tertiary/aromatic N) is 1. The molecular weight excluding hydrogens is 192 g/mol. The van der Waals surface area contributed by atoms with Crippen LogP contribution in [0.15, 0.2) is 18.3 Å². The van der Waals surface area contributed by atoms with E-state index in [-0.39, 0.29) is 0 Å². The van der Waals surface area contributed by atoms with Crippen LogP contribution in [0.1, 0.15) is 24.5 Å². The monoisotopic (exact) mass is 208 g/mol. The second-order valence-electron chi connectivity index (χ2n) is 4.02. The summed E-state index contributed by atoms with van der Waals surface area (Å²) in [5.74, 6) is -1.16. The molecule has 0 aliphatic carbocycles. The van der Waals surface area contributed by atoms with E-state index < -0.39 is 11.9 Å². The Morgan fingerprint density at radius 3 is 2.80 bits per heavy atom. The van der Waals surface area contributed by atoms with Crippen LogP contribution >= 0.6 is 0 Å². The van der Waals surface area contributed by atoms with E-state index in [0.717, 1.165) is 18.8 Å². The predicted molar refractivity (Wildman–Crippen MR) is 56.8 cm³/mol. The zero-order valence-corrected chi connectivity index (χ0v) is 8.65. The van der Waals surface area contributed by atoms with Gasteiger partial charge in [0, 0.05) is 18.4 Å². The van der Waals surface area contributed by atoms with E-state index in [1.165, 1.54) is 12.8 Å². The molecule has 2 rings (SSSR count). The van der Waals surface area contributed by atoms with Gasteiger partial charge in [0.1, 0.15) is 5.92 Å². The number of aliphatic carboxylic acids is 1. The SMILES string of the molecule is O=C(O)C(CN1CCCC1)c1ccc[nH]1. The second-order valence-corrected chi connectivity index (χ2v) is 4.02. The van der Waals surface area contributed by atoms with E-state index in [1.807, 2.05) is 12.1 Å². The number of likely N-dealkylation sites (tertiary alicyclic amines) is 1. The Hall–Kier alpha value is -1.29. The number of nitrogens with one attached hydrogen (secondary N) is 1. The minimum absolute atomic E-state index is 0.418. The third kappa shape index (κ3) is 2.39. The van der Waals surface area contributed by atoms with Crippen LogP contribution in [-0.4, -0.2) is 40.6 Å². The standard InChI is InChI=1S/C11H16N2O2/c14-11(15)9(10-4-3-5-12-10)8-13-6-1-2-7-13/h3-5,9,12H,1-2,6-8H2,(H,14,15). The zero-order valence-electron chi connectivity index (χ0n) is 8.65. The Labute approximate surface area is 88.9 Å². The molecule has 82 valence electrons. The topological polar surface area (TPSA) is 56.3 Å². The number of hydrogen-bond donors (Lipinski definition) is 2. The number of aromatic amines is 1. The number of H-pyrrole nitrogens is 1. The van der Waals surface area contributed by atoms with Crippen LogP contribution in [0.5, 0.6) is 0 Å². The molecule has 15 heavy (non-hydrogen) atoms. The Balaban J connectivity index is 2.03. The summed E-state index contributed by atoms with van der Waals surface area (Å²) >= 11 is 0. The molecule has 4 nitrogen and oxygen atoms in total. The molecule has 0 radical (unpaired) electrons. The lowest BCUT2D eigenvalue weighted by molar-refractivity contribution is -0.139. The van der Waals surface area contributed by atoms with E-state index in [4.69, 9.17) is 5.11 Å². The number of rotatable bonds is 4. The molecule has 0 bridgehead atoms. The van der Waals surface area contributed by atoms with E-state index in [9.17, 15) is 4.79 Å². The summed E-state index contributed by atoms with van der Waals surface area (Å²) in [7, 11) is 0. The van der Waals surface area contributed by atoms with Crippen molar-refractivity contribution in [3.05, 3.63) is 24.0 Å². The van der Waals surface area contributed by atoms with Crippen LogP contribution in [0.4, 0.5) is 0 Å². The third-order valence-electron chi connectivity index (χ3n) is 2.93. The Kier molecular flexibility index (Phi) is 3.06. The maximum Gasteiger partial charge on any atom is 0.313 e. The van der Waals surface area contributed by atoms with Gasteiger partial charge in [-0.2, -0.15) is 0 Å². The van der Waals surface area contributed by atoms with Crippen molar-refractivity contribution in [2.24, 2.45) is 0 Å². The maximum atomic E-state index is 11.1. The summed E-state index contributed by atoms with van der Waals surface area (Å²) in [6.45, 7) is 2.69.